The number of aromatic nitrogens is 1. The van der Waals surface area contributed by atoms with E-state index in [2.05, 4.69) is 17.1 Å². The number of hydrogen-bond donors (Lipinski definition) is 0. The van der Waals surface area contributed by atoms with Gasteiger partial charge in [-0.05, 0) is 11.6 Å². The number of carbonyl (C=O) groups excluding carboxylic acids is 1. The van der Waals surface area contributed by atoms with Crippen molar-refractivity contribution in [1.29, 1.82) is 0 Å². The second kappa shape index (κ2) is 7.31. The fourth-order valence-corrected chi connectivity index (χ4v) is 3.44. The highest BCUT2D eigenvalue weighted by Gasteiger charge is 2.35. The lowest BCUT2D eigenvalue weighted by Crippen LogP contribution is -2.35. The SMILES string of the molecule is O=C1OCC(CSCc2ccccc2)N1c1ccc([N+](=O)[O-])cn1. The van der Waals surface area contributed by atoms with Crippen LogP contribution in [0.3, 0.4) is 0 Å². The summed E-state index contributed by atoms with van der Waals surface area (Å²) in [5.41, 5.74) is 1.11. The number of nitro groups is 1. The van der Waals surface area contributed by atoms with Crippen molar-refractivity contribution < 1.29 is 14.5 Å². The molecule has 0 N–H and O–H groups in total. The second-order valence-electron chi connectivity index (χ2n) is 5.23. The molecule has 1 saturated heterocycles. The van der Waals surface area contributed by atoms with Gasteiger partial charge in [0, 0.05) is 17.6 Å². The Morgan fingerprint density at radius 1 is 1.29 bits per heavy atom. The lowest BCUT2D eigenvalue weighted by molar-refractivity contribution is -0.385. The van der Waals surface area contributed by atoms with Crippen LogP contribution in [0.5, 0.6) is 0 Å². The third-order valence-corrected chi connectivity index (χ3v) is 4.73. The van der Waals surface area contributed by atoms with Crippen molar-refractivity contribution in [2.45, 2.75) is 11.8 Å². The van der Waals surface area contributed by atoms with E-state index >= 15 is 0 Å². The van der Waals surface area contributed by atoms with Gasteiger partial charge >= 0.3 is 6.09 Å². The van der Waals surface area contributed by atoms with Gasteiger partial charge in [-0.25, -0.2) is 9.78 Å². The monoisotopic (exact) mass is 345 g/mol. The number of carbonyl (C=O) groups is 1. The molecule has 124 valence electrons. The van der Waals surface area contributed by atoms with Crippen molar-refractivity contribution in [3.63, 3.8) is 0 Å². The molecule has 2 heterocycles. The normalized spacial score (nSPS) is 16.9. The molecule has 0 bridgehead atoms. The predicted molar refractivity (Wildman–Crippen MR) is 91.1 cm³/mol. The zero-order chi connectivity index (χ0) is 16.9. The fourth-order valence-electron chi connectivity index (χ4n) is 2.38. The molecule has 0 saturated carbocycles. The van der Waals surface area contributed by atoms with Gasteiger partial charge < -0.3 is 4.74 Å². The van der Waals surface area contributed by atoms with E-state index in [-0.39, 0.29) is 11.7 Å². The number of hydrogen-bond acceptors (Lipinski definition) is 6. The molecule has 1 aliphatic rings. The average molecular weight is 345 g/mol. The Morgan fingerprint density at radius 2 is 2.08 bits per heavy atom. The third kappa shape index (κ3) is 3.65. The Kier molecular flexibility index (Phi) is 4.95. The quantitative estimate of drug-likeness (QED) is 0.590. The highest BCUT2D eigenvalue weighted by Crippen LogP contribution is 2.25. The van der Waals surface area contributed by atoms with E-state index in [1.54, 1.807) is 11.8 Å². The number of pyridine rings is 1. The zero-order valence-corrected chi connectivity index (χ0v) is 13.5. The van der Waals surface area contributed by atoms with Gasteiger partial charge in [0.25, 0.3) is 5.69 Å². The molecule has 24 heavy (non-hydrogen) atoms. The lowest BCUT2D eigenvalue weighted by Gasteiger charge is -2.19. The molecule has 0 radical (unpaired) electrons. The summed E-state index contributed by atoms with van der Waals surface area (Å²) in [5.74, 6) is 1.90. The molecule has 1 fully saturated rings. The minimum atomic E-state index is -0.522. The number of thioether (sulfide) groups is 1. The number of amides is 1. The Hall–Kier alpha value is -2.61. The standard InChI is InChI=1S/C16H15N3O4S/c20-16-18(15-7-6-13(8-17-15)19(21)22)14(9-23-16)11-24-10-12-4-2-1-3-5-12/h1-8,14H,9-11H2. The molecule has 0 spiro atoms. The van der Waals surface area contributed by atoms with Crippen molar-refractivity contribution >= 4 is 29.4 Å². The highest BCUT2D eigenvalue weighted by molar-refractivity contribution is 7.98. The van der Waals surface area contributed by atoms with Gasteiger partial charge in [-0.3, -0.25) is 15.0 Å². The summed E-state index contributed by atoms with van der Waals surface area (Å²) in [7, 11) is 0. The topological polar surface area (TPSA) is 85.6 Å². The largest absolute Gasteiger partial charge is 0.447 e. The highest BCUT2D eigenvalue weighted by atomic mass is 32.2. The molecule has 1 aromatic carbocycles. The van der Waals surface area contributed by atoms with E-state index in [0.29, 0.717) is 18.2 Å². The first-order valence-electron chi connectivity index (χ1n) is 7.33. The van der Waals surface area contributed by atoms with Crippen molar-refractivity contribution in [1.82, 2.24) is 4.98 Å². The van der Waals surface area contributed by atoms with Gasteiger partial charge in [-0.15, -0.1) is 0 Å². The first kappa shape index (κ1) is 16.3. The molecule has 1 aromatic heterocycles. The summed E-state index contributed by atoms with van der Waals surface area (Å²) in [6.45, 7) is 0.291. The van der Waals surface area contributed by atoms with Crippen molar-refractivity contribution in [3.05, 3.63) is 64.3 Å². The Bertz CT molecular complexity index is 724. The van der Waals surface area contributed by atoms with E-state index in [1.165, 1.54) is 22.6 Å². The maximum atomic E-state index is 12.0. The van der Waals surface area contributed by atoms with Crippen LogP contribution in [-0.2, 0) is 10.5 Å². The molecular formula is C16H15N3O4S. The summed E-state index contributed by atoms with van der Waals surface area (Å²) in [6, 6.07) is 12.7. The predicted octanol–water partition coefficient (Wildman–Crippen LogP) is 3.25. The molecule has 1 aliphatic heterocycles. The number of rotatable bonds is 6. The van der Waals surface area contributed by atoms with Gasteiger partial charge in [0.05, 0.1) is 11.0 Å². The van der Waals surface area contributed by atoms with Crippen LogP contribution in [0, 0.1) is 10.1 Å². The number of benzene rings is 1. The summed E-state index contributed by atoms with van der Waals surface area (Å²) < 4.78 is 5.11. The number of anilines is 1. The van der Waals surface area contributed by atoms with Gasteiger partial charge in [-0.2, -0.15) is 11.8 Å². The van der Waals surface area contributed by atoms with E-state index in [1.807, 2.05) is 18.2 Å². The van der Waals surface area contributed by atoms with Crippen molar-refractivity contribution in [3.8, 4) is 0 Å². The van der Waals surface area contributed by atoms with Crippen LogP contribution in [0.4, 0.5) is 16.3 Å². The van der Waals surface area contributed by atoms with Crippen LogP contribution in [0.25, 0.3) is 0 Å². The van der Waals surface area contributed by atoms with Crippen LogP contribution in [0.15, 0.2) is 48.7 Å². The van der Waals surface area contributed by atoms with Crippen molar-refractivity contribution in [2.75, 3.05) is 17.3 Å². The van der Waals surface area contributed by atoms with E-state index in [0.717, 1.165) is 11.9 Å². The fraction of sp³-hybridized carbons (Fsp3) is 0.250. The van der Waals surface area contributed by atoms with Crippen molar-refractivity contribution in [2.24, 2.45) is 0 Å². The maximum absolute atomic E-state index is 12.0. The molecule has 0 aliphatic carbocycles. The van der Waals surface area contributed by atoms with Gasteiger partial charge in [0.2, 0.25) is 0 Å². The molecule has 1 amide bonds. The molecule has 1 atom stereocenters. The van der Waals surface area contributed by atoms with E-state index < -0.39 is 11.0 Å². The first-order valence-corrected chi connectivity index (χ1v) is 8.49. The Morgan fingerprint density at radius 3 is 2.75 bits per heavy atom. The van der Waals surface area contributed by atoms with E-state index in [9.17, 15) is 14.9 Å². The zero-order valence-electron chi connectivity index (χ0n) is 12.7. The number of cyclic esters (lactones) is 1. The molecule has 3 rings (SSSR count). The average Bonchev–Trinajstić information content (AvgIpc) is 2.96. The molecule has 8 heteroatoms. The summed E-state index contributed by atoms with van der Waals surface area (Å²) in [6.07, 6.45) is 0.677. The van der Waals surface area contributed by atoms with Crippen LogP contribution >= 0.6 is 11.8 Å². The smallest absolute Gasteiger partial charge is 0.415 e. The first-order chi connectivity index (χ1) is 11.6. The van der Waals surface area contributed by atoms with Gasteiger partial charge in [0.1, 0.15) is 18.6 Å². The van der Waals surface area contributed by atoms with Gasteiger partial charge in [-0.1, -0.05) is 30.3 Å². The molecule has 1 unspecified atom stereocenters. The second-order valence-corrected chi connectivity index (χ2v) is 6.26. The summed E-state index contributed by atoms with van der Waals surface area (Å²) >= 11 is 1.70. The molecule has 2 aromatic rings. The van der Waals surface area contributed by atoms with Crippen LogP contribution in [0.1, 0.15) is 5.56 Å². The number of nitrogens with zero attached hydrogens (tertiary/aromatic N) is 3. The minimum absolute atomic E-state index is 0.110. The maximum Gasteiger partial charge on any atom is 0.415 e. The lowest BCUT2D eigenvalue weighted by atomic mass is 10.2. The van der Waals surface area contributed by atoms with Crippen LogP contribution in [-0.4, -0.2) is 34.4 Å². The van der Waals surface area contributed by atoms with Crippen LogP contribution in [0.2, 0.25) is 0 Å². The third-order valence-electron chi connectivity index (χ3n) is 3.57. The van der Waals surface area contributed by atoms with Crippen LogP contribution < -0.4 is 4.90 Å². The summed E-state index contributed by atoms with van der Waals surface area (Å²) in [5, 5.41) is 10.7. The molecular weight excluding hydrogens is 330 g/mol. The number of ether oxygens (including phenoxy) is 1. The molecule has 7 nitrogen and oxygen atoms in total. The Balaban J connectivity index is 1.64. The Labute approximate surface area is 142 Å². The van der Waals surface area contributed by atoms with Gasteiger partial charge in [0.15, 0.2) is 0 Å². The summed E-state index contributed by atoms with van der Waals surface area (Å²) in [4.78, 5) is 27.6. The van der Waals surface area contributed by atoms with E-state index in [4.69, 9.17) is 4.74 Å². The minimum Gasteiger partial charge on any atom is -0.447 e.